The van der Waals surface area contributed by atoms with Gasteiger partial charge in [0, 0.05) is 0 Å². The van der Waals surface area contributed by atoms with Gasteiger partial charge in [-0.15, -0.1) is 0 Å². The molecule has 0 aromatic heterocycles. The monoisotopic (exact) mass is 424 g/mol. The van der Waals surface area contributed by atoms with Gasteiger partial charge in [-0.3, -0.25) is 0 Å². The molecule has 0 radical (unpaired) electrons. The van der Waals surface area contributed by atoms with Crippen molar-refractivity contribution in [3.8, 4) is 11.1 Å². The molecule has 3 rings (SSSR count). The predicted octanol–water partition coefficient (Wildman–Crippen LogP) is 8.24. The van der Waals surface area contributed by atoms with Crippen LogP contribution in [-0.2, 0) is 4.74 Å². The summed E-state index contributed by atoms with van der Waals surface area (Å²) in [5.74, 6) is 0.820. The molecule has 0 amide bonds. The molecule has 3 unspecified atom stereocenters. The lowest BCUT2D eigenvalue weighted by Crippen LogP contribution is -2.25. The second-order valence-electron chi connectivity index (χ2n) is 8.68. The van der Waals surface area contributed by atoms with Crippen molar-refractivity contribution in [1.82, 2.24) is 0 Å². The number of hydrogen-bond acceptors (Lipinski definition) is 1. The Kier molecular flexibility index (Phi) is 8.45. The Morgan fingerprint density at radius 2 is 1.42 bits per heavy atom. The van der Waals surface area contributed by atoms with Crippen molar-refractivity contribution in [2.75, 3.05) is 6.61 Å². The Hall–Kier alpha value is -2.42. The first-order valence-corrected chi connectivity index (χ1v) is 11.5. The van der Waals surface area contributed by atoms with Gasteiger partial charge in [0.2, 0.25) is 0 Å². The van der Waals surface area contributed by atoms with E-state index in [4.69, 9.17) is 4.74 Å². The molecule has 0 aliphatic heterocycles. The highest BCUT2D eigenvalue weighted by atomic mass is 19.2. The van der Waals surface area contributed by atoms with Gasteiger partial charge in [0.15, 0.2) is 12.3 Å². The van der Waals surface area contributed by atoms with E-state index in [-0.39, 0.29) is 5.76 Å². The highest BCUT2D eigenvalue weighted by molar-refractivity contribution is 5.75. The van der Waals surface area contributed by atoms with Gasteiger partial charge in [-0.25, -0.2) is 8.78 Å². The van der Waals surface area contributed by atoms with Crippen molar-refractivity contribution in [2.24, 2.45) is 5.92 Å². The molecule has 0 bridgehead atoms. The minimum absolute atomic E-state index is 0.106. The van der Waals surface area contributed by atoms with E-state index in [2.05, 4.69) is 45.0 Å². The lowest BCUT2D eigenvalue weighted by atomic mass is 9.92. The standard InChI is InChI=1S/C28H34F2O/c1-4-7-20(2)8-5-6-19-31-26-18-17-25(27(29)28(26)30)24-15-13-23(14-16-24)22-11-9-21(3)10-12-22/h9-18,20,27-28H,4-8,19H2,1-3H3. The maximum Gasteiger partial charge on any atom is 0.192 e. The van der Waals surface area contributed by atoms with E-state index in [0.29, 0.717) is 23.7 Å². The lowest BCUT2D eigenvalue weighted by Gasteiger charge is -2.24. The lowest BCUT2D eigenvalue weighted by molar-refractivity contribution is 0.118. The summed E-state index contributed by atoms with van der Waals surface area (Å²) in [4.78, 5) is 0. The molecule has 31 heavy (non-hydrogen) atoms. The Labute approximate surface area is 185 Å². The normalized spacial score (nSPS) is 19.5. The zero-order valence-electron chi connectivity index (χ0n) is 18.9. The van der Waals surface area contributed by atoms with Crippen molar-refractivity contribution >= 4 is 5.57 Å². The number of unbranched alkanes of at least 4 members (excludes halogenated alkanes) is 1. The second-order valence-corrected chi connectivity index (χ2v) is 8.68. The van der Waals surface area contributed by atoms with Crippen molar-refractivity contribution in [3.05, 3.63) is 77.6 Å². The van der Waals surface area contributed by atoms with Crippen LogP contribution in [0.2, 0.25) is 0 Å². The number of ether oxygens (including phenoxy) is 1. The number of allylic oxidation sites excluding steroid dienone is 4. The number of rotatable bonds is 10. The van der Waals surface area contributed by atoms with Crippen molar-refractivity contribution in [1.29, 1.82) is 0 Å². The first kappa shape index (κ1) is 23.2. The molecule has 0 saturated heterocycles. The van der Waals surface area contributed by atoms with Gasteiger partial charge in [0.1, 0.15) is 5.76 Å². The molecule has 2 aromatic rings. The molecule has 3 atom stereocenters. The summed E-state index contributed by atoms with van der Waals surface area (Å²) in [5, 5.41) is 0. The van der Waals surface area contributed by atoms with Crippen LogP contribution in [-0.4, -0.2) is 19.0 Å². The summed E-state index contributed by atoms with van der Waals surface area (Å²) in [6.45, 7) is 6.95. The maximum atomic E-state index is 14.8. The van der Waals surface area contributed by atoms with Crippen LogP contribution in [0.4, 0.5) is 8.78 Å². The van der Waals surface area contributed by atoms with E-state index in [9.17, 15) is 8.78 Å². The molecule has 1 nitrogen and oxygen atoms in total. The van der Waals surface area contributed by atoms with Crippen LogP contribution < -0.4 is 0 Å². The van der Waals surface area contributed by atoms with E-state index in [0.717, 1.165) is 30.4 Å². The van der Waals surface area contributed by atoms with E-state index in [1.807, 2.05) is 24.3 Å². The summed E-state index contributed by atoms with van der Waals surface area (Å²) < 4.78 is 35.1. The van der Waals surface area contributed by atoms with Crippen LogP contribution in [0, 0.1) is 12.8 Å². The third kappa shape index (κ3) is 6.29. The second kappa shape index (κ2) is 11.3. The largest absolute Gasteiger partial charge is 0.495 e. The number of aryl methyl sites for hydroxylation is 1. The number of hydrogen-bond donors (Lipinski definition) is 0. The van der Waals surface area contributed by atoms with Crippen LogP contribution in [0.15, 0.2) is 66.4 Å². The SMILES string of the molecule is CCCC(C)CCCCOC1=CC=C(c2ccc(-c3ccc(C)cc3)cc2)C(F)C1F. The average molecular weight is 425 g/mol. The molecular formula is C28H34F2O. The van der Waals surface area contributed by atoms with Gasteiger partial charge < -0.3 is 4.74 Å². The molecule has 1 aliphatic carbocycles. The first-order chi connectivity index (χ1) is 15.0. The van der Waals surface area contributed by atoms with Crippen molar-refractivity contribution in [3.63, 3.8) is 0 Å². The summed E-state index contributed by atoms with van der Waals surface area (Å²) in [6.07, 6.45) is 5.29. The van der Waals surface area contributed by atoms with E-state index >= 15 is 0 Å². The number of halogens is 2. The van der Waals surface area contributed by atoms with Crippen molar-refractivity contribution in [2.45, 2.75) is 65.2 Å². The summed E-state index contributed by atoms with van der Waals surface area (Å²) in [5.41, 5.74) is 4.43. The van der Waals surface area contributed by atoms with Gasteiger partial charge in [0.05, 0.1) is 6.61 Å². The molecule has 0 spiro atoms. The molecule has 166 valence electrons. The zero-order chi connectivity index (χ0) is 22.2. The van der Waals surface area contributed by atoms with Crippen LogP contribution in [0.3, 0.4) is 0 Å². The molecule has 0 fully saturated rings. The predicted molar refractivity (Wildman–Crippen MR) is 126 cm³/mol. The molecule has 1 aliphatic rings. The smallest absolute Gasteiger partial charge is 0.192 e. The molecule has 0 heterocycles. The van der Waals surface area contributed by atoms with Gasteiger partial charge in [-0.1, -0.05) is 93.3 Å². The molecule has 2 aromatic carbocycles. The van der Waals surface area contributed by atoms with Gasteiger partial charge in [0.25, 0.3) is 0 Å². The van der Waals surface area contributed by atoms with Crippen molar-refractivity contribution < 1.29 is 13.5 Å². The van der Waals surface area contributed by atoms with E-state index < -0.39 is 12.3 Å². The third-order valence-electron chi connectivity index (χ3n) is 6.00. The van der Waals surface area contributed by atoms with Crippen LogP contribution in [0.5, 0.6) is 0 Å². The summed E-state index contributed by atoms with van der Waals surface area (Å²) in [7, 11) is 0. The first-order valence-electron chi connectivity index (χ1n) is 11.5. The number of alkyl halides is 2. The minimum Gasteiger partial charge on any atom is -0.495 e. The van der Waals surface area contributed by atoms with E-state index in [1.165, 1.54) is 18.4 Å². The minimum atomic E-state index is -1.75. The van der Waals surface area contributed by atoms with Crippen LogP contribution >= 0.6 is 0 Å². The van der Waals surface area contributed by atoms with Gasteiger partial charge >= 0.3 is 0 Å². The average Bonchev–Trinajstić information content (AvgIpc) is 2.77. The highest BCUT2D eigenvalue weighted by Gasteiger charge is 2.32. The fourth-order valence-electron chi connectivity index (χ4n) is 4.06. The zero-order valence-corrected chi connectivity index (χ0v) is 18.9. The summed E-state index contributed by atoms with van der Waals surface area (Å²) in [6, 6.07) is 15.9. The van der Waals surface area contributed by atoms with Crippen LogP contribution in [0.1, 0.15) is 57.1 Å². The summed E-state index contributed by atoms with van der Waals surface area (Å²) >= 11 is 0. The number of benzene rings is 2. The third-order valence-corrected chi connectivity index (χ3v) is 6.00. The van der Waals surface area contributed by atoms with Gasteiger partial charge in [-0.2, -0.15) is 0 Å². The van der Waals surface area contributed by atoms with Crippen LogP contribution in [0.25, 0.3) is 16.7 Å². The molecule has 3 heteroatoms. The topological polar surface area (TPSA) is 9.23 Å². The molecule has 0 saturated carbocycles. The maximum absolute atomic E-state index is 14.8. The Bertz CT molecular complexity index is 880. The molecule has 0 N–H and O–H groups in total. The Morgan fingerprint density at radius 3 is 2.06 bits per heavy atom. The Balaban J connectivity index is 1.59. The Morgan fingerprint density at radius 1 is 0.806 bits per heavy atom. The highest BCUT2D eigenvalue weighted by Crippen LogP contribution is 2.33. The van der Waals surface area contributed by atoms with Gasteiger partial charge in [-0.05, 0) is 54.0 Å². The quantitative estimate of drug-likeness (QED) is 0.349. The van der Waals surface area contributed by atoms with E-state index in [1.54, 1.807) is 12.2 Å². The fourth-order valence-corrected chi connectivity index (χ4v) is 4.06. The fraction of sp³-hybridized carbons (Fsp3) is 0.429. The molecular weight excluding hydrogens is 390 g/mol.